The fourth-order valence-electron chi connectivity index (χ4n) is 2.58. The zero-order valence-electron chi connectivity index (χ0n) is 15.4. The van der Waals surface area contributed by atoms with Crippen molar-refractivity contribution in [2.45, 2.75) is 19.9 Å². The number of nitrogens with zero attached hydrogens (tertiary/aromatic N) is 3. The standard InChI is InChI=1S/C18H20ClFN6OS.3H2/c1-3-28-5-4-21-18(27)10(2)25-17-14(20)9-24-16(26-17)13-8-23-15-12(13)6-11(19)7-22-15;;;/h6-10H,3-5H2,1-2H3,(H,21,27)(H,22,23)(H,24,25,26);3*1H/t10-;;;/m0.../s1. The Labute approximate surface area is 175 Å². The van der Waals surface area contributed by atoms with Gasteiger partial charge in [0.1, 0.15) is 11.7 Å². The monoisotopic (exact) mass is 428 g/mol. The van der Waals surface area contributed by atoms with Crippen molar-refractivity contribution in [3.63, 3.8) is 0 Å². The maximum Gasteiger partial charge on any atom is 0.242 e. The number of thioether (sulfide) groups is 1. The minimum absolute atomic E-state index is 0. The number of carbonyl (C=O) groups is 1. The van der Waals surface area contributed by atoms with Crippen molar-refractivity contribution in [2.24, 2.45) is 0 Å². The Bertz CT molecular complexity index is 996. The van der Waals surface area contributed by atoms with E-state index in [0.717, 1.165) is 23.1 Å². The van der Waals surface area contributed by atoms with E-state index in [1.807, 2.05) is 0 Å². The van der Waals surface area contributed by atoms with E-state index in [0.29, 0.717) is 28.6 Å². The van der Waals surface area contributed by atoms with Crippen LogP contribution in [0.25, 0.3) is 22.4 Å². The van der Waals surface area contributed by atoms with E-state index < -0.39 is 11.9 Å². The molecule has 28 heavy (non-hydrogen) atoms. The molecule has 0 saturated carbocycles. The highest BCUT2D eigenvalue weighted by atomic mass is 35.5. The van der Waals surface area contributed by atoms with Gasteiger partial charge in [0.15, 0.2) is 17.5 Å². The van der Waals surface area contributed by atoms with E-state index in [4.69, 9.17) is 11.6 Å². The zero-order chi connectivity index (χ0) is 20.1. The third kappa shape index (κ3) is 4.71. The van der Waals surface area contributed by atoms with Gasteiger partial charge in [0.2, 0.25) is 5.91 Å². The van der Waals surface area contributed by atoms with Crippen molar-refractivity contribution in [1.29, 1.82) is 0 Å². The number of anilines is 1. The average molecular weight is 429 g/mol. The van der Waals surface area contributed by atoms with E-state index in [1.165, 1.54) is 6.20 Å². The minimum atomic E-state index is -0.650. The summed E-state index contributed by atoms with van der Waals surface area (Å²) >= 11 is 7.76. The molecule has 1 amide bonds. The number of fused-ring (bicyclic) bond motifs is 1. The van der Waals surface area contributed by atoms with Crippen LogP contribution in [0.2, 0.25) is 5.02 Å². The molecule has 0 saturated heterocycles. The van der Waals surface area contributed by atoms with Gasteiger partial charge in [0, 0.05) is 39.9 Å². The molecule has 3 N–H and O–H groups in total. The quantitative estimate of drug-likeness (QED) is 0.465. The molecule has 3 rings (SSSR count). The van der Waals surface area contributed by atoms with Crippen LogP contribution in [0.5, 0.6) is 0 Å². The van der Waals surface area contributed by atoms with E-state index >= 15 is 0 Å². The lowest BCUT2D eigenvalue weighted by atomic mass is 10.2. The van der Waals surface area contributed by atoms with Crippen LogP contribution in [-0.4, -0.2) is 49.9 Å². The molecule has 3 heterocycles. The molecule has 0 aliphatic rings. The minimum Gasteiger partial charge on any atom is -0.356 e. The SMILES string of the molecule is CCSCCNC(=O)[C@H](C)Nc1nc(-c2c[nH]c3ncc(Cl)cc23)ncc1F.[HH].[HH].[HH]. The van der Waals surface area contributed by atoms with E-state index in [-0.39, 0.29) is 16.0 Å². The summed E-state index contributed by atoms with van der Waals surface area (Å²) < 4.78 is 14.2. The van der Waals surface area contributed by atoms with Gasteiger partial charge in [-0.2, -0.15) is 11.8 Å². The molecule has 3 aromatic rings. The van der Waals surface area contributed by atoms with Crippen LogP contribution in [0.3, 0.4) is 0 Å². The Morgan fingerprint density at radius 2 is 2.25 bits per heavy atom. The van der Waals surface area contributed by atoms with Crippen LogP contribution in [0.4, 0.5) is 10.2 Å². The van der Waals surface area contributed by atoms with E-state index in [2.05, 4.69) is 37.5 Å². The molecule has 0 radical (unpaired) electrons. The summed E-state index contributed by atoms with van der Waals surface area (Å²) in [5.41, 5.74) is 1.27. The summed E-state index contributed by atoms with van der Waals surface area (Å²) in [5.74, 6) is 1.22. The van der Waals surface area contributed by atoms with Crippen molar-refractivity contribution in [1.82, 2.24) is 25.3 Å². The first kappa shape index (κ1) is 20.3. The van der Waals surface area contributed by atoms with Crippen molar-refractivity contribution < 1.29 is 13.5 Å². The molecule has 10 heteroatoms. The maximum atomic E-state index is 14.2. The highest BCUT2D eigenvalue weighted by Gasteiger charge is 2.18. The average Bonchev–Trinajstić information content (AvgIpc) is 3.09. The van der Waals surface area contributed by atoms with Gasteiger partial charge in [-0.1, -0.05) is 18.5 Å². The van der Waals surface area contributed by atoms with Crippen LogP contribution < -0.4 is 10.6 Å². The zero-order valence-corrected chi connectivity index (χ0v) is 17.0. The molecule has 3 aromatic heterocycles. The van der Waals surface area contributed by atoms with Gasteiger partial charge < -0.3 is 15.6 Å². The van der Waals surface area contributed by atoms with Crippen LogP contribution in [-0.2, 0) is 4.79 Å². The molecule has 0 aromatic carbocycles. The summed E-state index contributed by atoms with van der Waals surface area (Å²) in [6.45, 7) is 4.27. The van der Waals surface area contributed by atoms with Gasteiger partial charge >= 0.3 is 0 Å². The number of halogens is 2. The smallest absolute Gasteiger partial charge is 0.242 e. The normalized spacial score (nSPS) is 12.1. The van der Waals surface area contributed by atoms with E-state index in [9.17, 15) is 9.18 Å². The number of hydrogen-bond donors (Lipinski definition) is 3. The van der Waals surface area contributed by atoms with E-state index in [1.54, 1.807) is 30.9 Å². The van der Waals surface area contributed by atoms with Gasteiger partial charge in [0.25, 0.3) is 0 Å². The number of amides is 1. The molecular formula is C18H26ClFN6OS. The van der Waals surface area contributed by atoms with Gasteiger partial charge in [0.05, 0.1) is 11.2 Å². The summed E-state index contributed by atoms with van der Waals surface area (Å²) in [6, 6.07) is 1.09. The first-order valence-electron chi connectivity index (χ1n) is 8.77. The molecule has 0 aliphatic heterocycles. The maximum absolute atomic E-state index is 14.2. The van der Waals surface area contributed by atoms with Crippen LogP contribution in [0.15, 0.2) is 24.7 Å². The molecule has 0 unspecified atom stereocenters. The van der Waals surface area contributed by atoms with Crippen molar-refractivity contribution in [2.75, 3.05) is 23.4 Å². The van der Waals surface area contributed by atoms with Crippen LogP contribution >= 0.6 is 23.4 Å². The summed E-state index contributed by atoms with van der Waals surface area (Å²) in [4.78, 5) is 27.7. The summed E-state index contributed by atoms with van der Waals surface area (Å²) in [7, 11) is 0. The Hall–Kier alpha value is -2.39. The Morgan fingerprint density at radius 3 is 3.04 bits per heavy atom. The fourth-order valence-corrected chi connectivity index (χ4v) is 3.27. The number of pyridine rings is 1. The molecule has 0 fully saturated rings. The predicted octanol–water partition coefficient (Wildman–Crippen LogP) is 4.22. The Morgan fingerprint density at radius 1 is 1.43 bits per heavy atom. The van der Waals surface area contributed by atoms with Crippen molar-refractivity contribution in [3.8, 4) is 11.4 Å². The predicted molar refractivity (Wildman–Crippen MR) is 118 cm³/mol. The Kier molecular flexibility index (Phi) is 6.69. The van der Waals surface area contributed by atoms with Crippen LogP contribution in [0, 0.1) is 5.82 Å². The van der Waals surface area contributed by atoms with Crippen LogP contribution in [0.1, 0.15) is 18.1 Å². The highest BCUT2D eigenvalue weighted by Crippen LogP contribution is 2.28. The third-order valence-electron chi connectivity index (χ3n) is 3.98. The number of aromatic amines is 1. The van der Waals surface area contributed by atoms with Gasteiger partial charge in [-0.05, 0) is 18.7 Å². The lowest BCUT2D eigenvalue weighted by molar-refractivity contribution is -0.121. The molecule has 154 valence electrons. The molecule has 0 bridgehead atoms. The topological polar surface area (TPSA) is 95.6 Å². The molecule has 1 atom stereocenters. The molecular weight excluding hydrogens is 403 g/mol. The number of aromatic nitrogens is 4. The first-order chi connectivity index (χ1) is 13.5. The lowest BCUT2D eigenvalue weighted by Gasteiger charge is -2.15. The van der Waals surface area contributed by atoms with Gasteiger partial charge in [-0.25, -0.2) is 19.3 Å². The largest absolute Gasteiger partial charge is 0.356 e. The highest BCUT2D eigenvalue weighted by molar-refractivity contribution is 7.99. The van der Waals surface area contributed by atoms with Gasteiger partial charge in [-0.15, -0.1) is 0 Å². The number of H-pyrrole nitrogens is 1. The second-order valence-electron chi connectivity index (χ2n) is 6.00. The molecule has 0 spiro atoms. The van der Waals surface area contributed by atoms with Gasteiger partial charge in [-0.3, -0.25) is 4.79 Å². The lowest BCUT2D eigenvalue weighted by Crippen LogP contribution is -2.39. The van der Waals surface area contributed by atoms with Crippen molar-refractivity contribution >= 4 is 46.1 Å². The number of nitrogens with one attached hydrogen (secondary N) is 3. The van der Waals surface area contributed by atoms with Crippen molar-refractivity contribution in [3.05, 3.63) is 35.5 Å². The fraction of sp³-hybridized carbons (Fsp3) is 0.333. The molecule has 7 nitrogen and oxygen atoms in total. The molecule has 0 aliphatic carbocycles. The summed E-state index contributed by atoms with van der Waals surface area (Å²) in [6.07, 6.45) is 4.29. The second-order valence-corrected chi connectivity index (χ2v) is 7.83. The number of rotatable bonds is 8. The second kappa shape index (κ2) is 9.20. The third-order valence-corrected chi connectivity index (χ3v) is 5.09. The summed E-state index contributed by atoms with van der Waals surface area (Å²) in [5, 5.41) is 6.83. The number of carbonyl (C=O) groups excluding carboxylic acids is 1. The first-order valence-corrected chi connectivity index (χ1v) is 10.3. The Balaban J connectivity index is 0.00000300. The number of hydrogen-bond acceptors (Lipinski definition) is 6.